The molecule has 37 heavy (non-hydrogen) atoms. The van der Waals surface area contributed by atoms with E-state index in [0.29, 0.717) is 10.5 Å². The van der Waals surface area contributed by atoms with E-state index >= 15 is 0 Å². The molecule has 1 aliphatic heterocycles. The molecule has 0 spiro atoms. The van der Waals surface area contributed by atoms with E-state index < -0.39 is 68.3 Å². The van der Waals surface area contributed by atoms with Crippen molar-refractivity contribution in [1.82, 2.24) is 15.1 Å². The second kappa shape index (κ2) is 10.1. The fourth-order valence-corrected chi connectivity index (χ4v) is 3.99. The van der Waals surface area contributed by atoms with Crippen LogP contribution in [0.5, 0.6) is 5.75 Å². The van der Waals surface area contributed by atoms with Crippen molar-refractivity contribution in [3.63, 3.8) is 0 Å². The minimum Gasteiger partial charge on any atom is -0.486 e. The summed E-state index contributed by atoms with van der Waals surface area (Å²) in [6.07, 6.45) is -1.19. The third-order valence-corrected chi connectivity index (χ3v) is 6.17. The highest BCUT2D eigenvalue weighted by molar-refractivity contribution is 6.31. The number of hydrogen-bond acceptors (Lipinski definition) is 7. The molecule has 3 amide bonds. The number of rotatable bonds is 5. The highest BCUT2D eigenvalue weighted by Crippen LogP contribution is 2.39. The van der Waals surface area contributed by atoms with Gasteiger partial charge in [-0.1, -0.05) is 41.9 Å². The minimum absolute atomic E-state index is 0.137. The smallest absolute Gasteiger partial charge is 0.415 e. The number of nitrogens with one attached hydrogen (secondary N) is 1. The molecule has 2 aromatic carbocycles. The second-order valence-corrected chi connectivity index (χ2v) is 8.97. The van der Waals surface area contributed by atoms with E-state index in [9.17, 15) is 19.2 Å². The SMILES string of the molecule is [2H]C([2H])([2H])N(C(=O)CN1C(=O)c2oc3ccc(Cl)cc3c2OC[C@]1(C)C(=O)OC(=O)N[C@@H](C)c1ccccc1)C([2H])([2H])[2H]. The topological polar surface area (TPSA) is 118 Å². The lowest BCUT2D eigenvalue weighted by Gasteiger charge is -2.36. The van der Waals surface area contributed by atoms with Crippen LogP contribution in [0.1, 0.15) is 44.2 Å². The molecule has 0 unspecified atom stereocenters. The Balaban J connectivity index is 1.71. The van der Waals surface area contributed by atoms with Crippen molar-refractivity contribution in [3.05, 3.63) is 64.9 Å². The highest BCUT2D eigenvalue weighted by atomic mass is 35.5. The number of carbonyl (C=O) groups is 4. The van der Waals surface area contributed by atoms with E-state index in [1.807, 2.05) is 0 Å². The van der Waals surface area contributed by atoms with Crippen LogP contribution in [0, 0.1) is 0 Å². The maximum absolute atomic E-state index is 13.9. The monoisotopic (exact) mass is 533 g/mol. The van der Waals surface area contributed by atoms with Gasteiger partial charge in [0.15, 0.2) is 11.3 Å². The van der Waals surface area contributed by atoms with Crippen LogP contribution >= 0.6 is 11.6 Å². The zero-order valence-corrected chi connectivity index (χ0v) is 20.5. The molecule has 0 fully saturated rings. The number of fused-ring (bicyclic) bond motifs is 3. The number of carbonyl (C=O) groups excluding carboxylic acids is 4. The van der Waals surface area contributed by atoms with E-state index in [2.05, 4.69) is 5.32 Å². The summed E-state index contributed by atoms with van der Waals surface area (Å²) in [7, 11) is 0. The Morgan fingerprint density at radius 3 is 2.68 bits per heavy atom. The van der Waals surface area contributed by atoms with Crippen LogP contribution in [0.4, 0.5) is 4.79 Å². The summed E-state index contributed by atoms with van der Waals surface area (Å²) in [4.78, 5) is 53.6. The van der Waals surface area contributed by atoms with Crippen LogP contribution in [0.3, 0.4) is 0 Å². The lowest BCUT2D eigenvalue weighted by atomic mass is 10.0. The zero-order valence-electron chi connectivity index (χ0n) is 25.7. The number of hydrogen-bond donors (Lipinski definition) is 1. The molecule has 1 N–H and O–H groups in total. The zero-order chi connectivity index (χ0) is 31.9. The Morgan fingerprint density at radius 2 is 1.97 bits per heavy atom. The Labute approximate surface area is 226 Å². The van der Waals surface area contributed by atoms with Gasteiger partial charge < -0.3 is 29.0 Å². The predicted molar refractivity (Wildman–Crippen MR) is 134 cm³/mol. The van der Waals surface area contributed by atoms with Crippen LogP contribution in [0.25, 0.3) is 11.0 Å². The lowest BCUT2D eigenvalue weighted by molar-refractivity contribution is -0.152. The van der Waals surface area contributed by atoms with Crippen molar-refractivity contribution in [2.75, 3.05) is 27.1 Å². The van der Waals surface area contributed by atoms with Gasteiger partial charge in [-0.3, -0.25) is 9.59 Å². The summed E-state index contributed by atoms with van der Waals surface area (Å²) < 4.78 is 62.0. The number of esters is 1. The largest absolute Gasteiger partial charge is 0.486 e. The van der Waals surface area contributed by atoms with Crippen molar-refractivity contribution < 1.29 is 41.3 Å². The molecule has 3 aromatic rings. The fraction of sp³-hybridized carbons (Fsp3) is 0.308. The number of furan rings is 1. The second-order valence-electron chi connectivity index (χ2n) is 8.54. The standard InChI is InChI=1S/C26H26ClN3O7/c1-15(16-8-6-5-7-9-16)28-25(34)37-24(33)26(2)14-35-21-18-12-17(27)10-11-19(18)36-22(21)23(32)30(26)13-20(31)29(3)4/h5-12,15H,13-14H2,1-4H3,(H,28,34)/t15-,26+/m0/s1/i3D3,4D3. The van der Waals surface area contributed by atoms with Gasteiger partial charge in [-0.25, -0.2) is 9.59 Å². The Bertz CT molecular complexity index is 1560. The molecule has 0 bridgehead atoms. The van der Waals surface area contributed by atoms with Crippen molar-refractivity contribution in [2.24, 2.45) is 0 Å². The Hall–Kier alpha value is -4.05. The van der Waals surface area contributed by atoms with Gasteiger partial charge in [0.2, 0.25) is 11.7 Å². The van der Waals surface area contributed by atoms with Crippen molar-refractivity contribution in [3.8, 4) is 5.75 Å². The van der Waals surface area contributed by atoms with Gasteiger partial charge in [0.05, 0.1) is 11.4 Å². The van der Waals surface area contributed by atoms with E-state index in [4.69, 9.17) is 33.7 Å². The Kier molecular flexibility index (Phi) is 5.24. The molecule has 11 heteroatoms. The molecule has 10 nitrogen and oxygen atoms in total. The number of ether oxygens (including phenoxy) is 2. The summed E-state index contributed by atoms with van der Waals surface area (Å²) >= 11 is 6.09. The number of alkyl carbamates (subject to hydrolysis) is 1. The number of halogens is 1. The van der Waals surface area contributed by atoms with E-state index in [-0.39, 0.29) is 26.6 Å². The summed E-state index contributed by atoms with van der Waals surface area (Å²) in [6, 6.07) is 12.5. The summed E-state index contributed by atoms with van der Waals surface area (Å²) in [5.74, 6) is -4.65. The summed E-state index contributed by atoms with van der Waals surface area (Å²) in [5.41, 5.74) is -1.40. The van der Waals surface area contributed by atoms with Crippen molar-refractivity contribution >= 4 is 46.4 Å². The lowest BCUT2D eigenvalue weighted by Crippen LogP contribution is -2.60. The minimum atomic E-state index is -3.43. The molecule has 2 atom stereocenters. The van der Waals surface area contributed by atoms with E-state index in [1.54, 1.807) is 37.3 Å². The highest BCUT2D eigenvalue weighted by Gasteiger charge is 2.50. The maximum Gasteiger partial charge on any atom is 0.415 e. The molecular formula is C26H26ClN3O7. The average Bonchev–Trinajstić information content (AvgIpc) is 3.21. The molecule has 0 radical (unpaired) electrons. The number of likely N-dealkylation sites (N-methyl/N-ethyl adjacent to an activating group) is 1. The van der Waals surface area contributed by atoms with E-state index in [1.165, 1.54) is 18.2 Å². The van der Waals surface area contributed by atoms with Crippen LogP contribution < -0.4 is 10.1 Å². The molecule has 1 aromatic heterocycles. The third-order valence-electron chi connectivity index (χ3n) is 5.94. The van der Waals surface area contributed by atoms with Crippen LogP contribution in [-0.4, -0.2) is 66.3 Å². The number of benzene rings is 2. The van der Waals surface area contributed by atoms with Gasteiger partial charge in [0.25, 0.3) is 5.91 Å². The third kappa shape index (κ3) is 5.10. The van der Waals surface area contributed by atoms with Gasteiger partial charge in [-0.05, 0) is 37.6 Å². The van der Waals surface area contributed by atoms with Gasteiger partial charge >= 0.3 is 12.1 Å². The first kappa shape index (κ1) is 19.1. The van der Waals surface area contributed by atoms with Crippen molar-refractivity contribution in [2.45, 2.75) is 25.4 Å². The summed E-state index contributed by atoms with van der Waals surface area (Å²) in [5, 5.41) is 3.00. The first-order chi connectivity index (χ1) is 19.9. The maximum atomic E-state index is 13.9. The van der Waals surface area contributed by atoms with Gasteiger partial charge in [-0.15, -0.1) is 0 Å². The average molecular weight is 534 g/mol. The predicted octanol–water partition coefficient (Wildman–Crippen LogP) is 3.78. The van der Waals surface area contributed by atoms with E-state index in [0.717, 1.165) is 6.92 Å². The Morgan fingerprint density at radius 1 is 1.24 bits per heavy atom. The quantitative estimate of drug-likeness (QED) is 0.391. The summed E-state index contributed by atoms with van der Waals surface area (Å²) in [6.45, 7) is -6.05. The number of amides is 3. The van der Waals surface area contributed by atoms with Crippen LogP contribution in [0.2, 0.25) is 5.02 Å². The molecule has 2 heterocycles. The first-order valence-corrected chi connectivity index (χ1v) is 11.4. The number of nitrogens with zero attached hydrogens (tertiary/aromatic N) is 2. The molecular weight excluding hydrogens is 502 g/mol. The van der Waals surface area contributed by atoms with Crippen LogP contribution in [-0.2, 0) is 14.3 Å². The molecule has 0 aliphatic carbocycles. The normalized spacial score (nSPS) is 20.9. The van der Waals surface area contributed by atoms with Gasteiger partial charge in [0, 0.05) is 27.2 Å². The van der Waals surface area contributed by atoms with Crippen molar-refractivity contribution in [1.29, 1.82) is 0 Å². The molecule has 0 saturated heterocycles. The van der Waals surface area contributed by atoms with Gasteiger partial charge in [0.1, 0.15) is 18.7 Å². The molecule has 0 saturated carbocycles. The molecule has 4 rings (SSSR count). The van der Waals surface area contributed by atoms with Crippen LogP contribution in [0.15, 0.2) is 52.9 Å². The molecule has 1 aliphatic rings. The fourth-order valence-electron chi connectivity index (χ4n) is 3.82. The first-order valence-electron chi connectivity index (χ1n) is 14.0. The van der Waals surface area contributed by atoms with Gasteiger partial charge in [-0.2, -0.15) is 0 Å². The molecule has 194 valence electrons.